The van der Waals surface area contributed by atoms with Gasteiger partial charge in [0, 0.05) is 30.0 Å². The molecular formula is C21H24Cl3FN2O. The van der Waals surface area contributed by atoms with Crippen LogP contribution in [0.3, 0.4) is 0 Å². The van der Waals surface area contributed by atoms with Crippen LogP contribution in [-0.2, 0) is 0 Å². The average Bonchev–Trinajstić information content (AvgIpc) is 3.19. The van der Waals surface area contributed by atoms with Crippen LogP contribution in [0.4, 0.5) is 4.39 Å². The van der Waals surface area contributed by atoms with Gasteiger partial charge in [-0.15, -0.1) is 24.8 Å². The maximum atomic E-state index is 15.2. The van der Waals surface area contributed by atoms with Crippen LogP contribution < -0.4 is 10.1 Å². The first kappa shape index (κ1) is 24.3. The van der Waals surface area contributed by atoms with E-state index in [1.54, 1.807) is 24.3 Å². The van der Waals surface area contributed by atoms with Crippen LogP contribution >= 0.6 is 36.4 Å². The molecule has 0 saturated carbocycles. The number of nitrogens with one attached hydrogen (secondary N) is 2. The number of para-hydroxylation sites is 1. The van der Waals surface area contributed by atoms with E-state index in [9.17, 15) is 0 Å². The second-order valence-electron chi connectivity index (χ2n) is 6.19. The first-order chi connectivity index (χ1) is 12.6. The molecular weight excluding hydrogens is 422 g/mol. The highest BCUT2D eigenvalue weighted by Crippen LogP contribution is 2.37. The summed E-state index contributed by atoms with van der Waals surface area (Å²) in [5.74, 6) is 0.180. The SMILES string of the molecule is CC[C@@H](N[C@H](C)c1cc[nH]c1)c1ccc(Cl)c(Oc2ccccc2)c1F.Cl.Cl. The molecule has 2 aromatic carbocycles. The first-order valence-electron chi connectivity index (χ1n) is 8.69. The summed E-state index contributed by atoms with van der Waals surface area (Å²) < 4.78 is 20.9. The molecule has 0 radical (unpaired) electrons. The lowest BCUT2D eigenvalue weighted by Gasteiger charge is -2.24. The van der Waals surface area contributed by atoms with Crippen molar-refractivity contribution in [2.75, 3.05) is 0 Å². The average molecular weight is 446 g/mol. The Bertz CT molecular complexity index is 844. The molecule has 3 aromatic rings. The zero-order chi connectivity index (χ0) is 18.5. The van der Waals surface area contributed by atoms with Gasteiger partial charge < -0.3 is 15.0 Å². The van der Waals surface area contributed by atoms with Crippen LogP contribution in [-0.4, -0.2) is 4.98 Å². The monoisotopic (exact) mass is 444 g/mol. The third-order valence-electron chi connectivity index (χ3n) is 4.40. The Hall–Kier alpha value is -1.72. The number of aromatic amines is 1. The van der Waals surface area contributed by atoms with E-state index in [0.29, 0.717) is 11.3 Å². The molecule has 2 atom stereocenters. The molecule has 2 N–H and O–H groups in total. The van der Waals surface area contributed by atoms with Crippen molar-refractivity contribution in [3.8, 4) is 11.5 Å². The Labute approximate surface area is 182 Å². The Morgan fingerprint density at radius 3 is 2.43 bits per heavy atom. The van der Waals surface area contributed by atoms with Gasteiger partial charge in [0.1, 0.15) is 5.75 Å². The number of hydrogen-bond acceptors (Lipinski definition) is 2. The molecule has 0 spiro atoms. The largest absolute Gasteiger partial charge is 0.453 e. The van der Waals surface area contributed by atoms with Crippen molar-refractivity contribution in [3.05, 3.63) is 82.9 Å². The lowest BCUT2D eigenvalue weighted by Crippen LogP contribution is -2.25. The van der Waals surface area contributed by atoms with Crippen LogP contribution in [0.1, 0.15) is 43.5 Å². The fraction of sp³-hybridized carbons (Fsp3) is 0.238. The maximum absolute atomic E-state index is 15.2. The normalized spacial score (nSPS) is 12.4. The van der Waals surface area contributed by atoms with Gasteiger partial charge in [-0.2, -0.15) is 0 Å². The molecule has 3 nitrogen and oxygen atoms in total. The third kappa shape index (κ3) is 5.65. The van der Waals surface area contributed by atoms with E-state index in [-0.39, 0.29) is 47.7 Å². The summed E-state index contributed by atoms with van der Waals surface area (Å²) in [5, 5.41) is 3.73. The Morgan fingerprint density at radius 1 is 1.11 bits per heavy atom. The Balaban J connectivity index is 0.00000196. The standard InChI is InChI=1S/C21H22ClFN2O.2ClH/c1-3-19(25-14(2)15-11-12-24-13-15)17-9-10-18(22)21(20(17)23)26-16-7-5-4-6-8-16;;/h4-14,19,24-25H,3H2,1-2H3;2*1H/t14-,19-;;/m1../s1. The van der Waals surface area contributed by atoms with Gasteiger partial charge in [-0.1, -0.05) is 42.8 Å². The molecule has 0 aliphatic rings. The van der Waals surface area contributed by atoms with Gasteiger partial charge in [-0.3, -0.25) is 0 Å². The Morgan fingerprint density at radius 2 is 1.82 bits per heavy atom. The van der Waals surface area contributed by atoms with Crippen LogP contribution in [0, 0.1) is 5.82 Å². The second kappa shape index (κ2) is 11.3. The zero-order valence-corrected chi connectivity index (χ0v) is 18.0. The quantitative estimate of drug-likeness (QED) is 0.402. The minimum atomic E-state index is -0.429. The summed E-state index contributed by atoms with van der Waals surface area (Å²) in [6, 6.07) is 14.4. The molecule has 0 bridgehead atoms. The van der Waals surface area contributed by atoms with Crippen molar-refractivity contribution in [2.45, 2.75) is 32.4 Å². The number of ether oxygens (including phenoxy) is 1. The van der Waals surface area contributed by atoms with Crippen molar-refractivity contribution in [2.24, 2.45) is 0 Å². The molecule has 7 heteroatoms. The van der Waals surface area contributed by atoms with Crippen LogP contribution in [0.5, 0.6) is 11.5 Å². The first-order valence-corrected chi connectivity index (χ1v) is 9.07. The number of aromatic nitrogens is 1. The molecule has 152 valence electrons. The Kier molecular flexibility index (Phi) is 9.83. The predicted octanol–water partition coefficient (Wildman–Crippen LogP) is 7.25. The van der Waals surface area contributed by atoms with Gasteiger partial charge in [-0.05, 0) is 43.2 Å². The minimum Gasteiger partial charge on any atom is -0.453 e. The van der Waals surface area contributed by atoms with Gasteiger partial charge >= 0.3 is 0 Å². The number of rotatable bonds is 7. The summed E-state index contributed by atoms with van der Waals surface area (Å²) in [6.45, 7) is 4.08. The number of benzene rings is 2. The van der Waals surface area contributed by atoms with E-state index < -0.39 is 5.82 Å². The van der Waals surface area contributed by atoms with Crippen LogP contribution in [0.25, 0.3) is 0 Å². The van der Waals surface area contributed by atoms with E-state index in [1.807, 2.05) is 43.6 Å². The van der Waals surface area contributed by atoms with Crippen molar-refractivity contribution < 1.29 is 9.13 Å². The summed E-state index contributed by atoms with van der Waals surface area (Å²) >= 11 is 6.20. The molecule has 1 aromatic heterocycles. The summed E-state index contributed by atoms with van der Waals surface area (Å²) in [6.07, 6.45) is 4.55. The van der Waals surface area contributed by atoms with Crippen molar-refractivity contribution in [1.82, 2.24) is 10.3 Å². The molecule has 28 heavy (non-hydrogen) atoms. The molecule has 0 saturated heterocycles. The van der Waals surface area contributed by atoms with Gasteiger partial charge in [0.05, 0.1) is 5.02 Å². The second-order valence-corrected chi connectivity index (χ2v) is 6.60. The fourth-order valence-corrected chi connectivity index (χ4v) is 3.13. The summed E-state index contributed by atoms with van der Waals surface area (Å²) in [5.41, 5.74) is 1.67. The van der Waals surface area contributed by atoms with E-state index in [0.717, 1.165) is 12.0 Å². The van der Waals surface area contributed by atoms with Gasteiger partial charge in [0.15, 0.2) is 11.6 Å². The minimum absolute atomic E-state index is 0. The maximum Gasteiger partial charge on any atom is 0.181 e. The van der Waals surface area contributed by atoms with E-state index in [2.05, 4.69) is 17.2 Å². The fourth-order valence-electron chi connectivity index (χ4n) is 2.95. The van der Waals surface area contributed by atoms with Crippen molar-refractivity contribution >= 4 is 36.4 Å². The molecule has 3 rings (SSSR count). The molecule has 0 amide bonds. The highest BCUT2D eigenvalue weighted by molar-refractivity contribution is 6.32. The number of halogens is 4. The number of H-pyrrole nitrogens is 1. The highest BCUT2D eigenvalue weighted by atomic mass is 35.5. The summed E-state index contributed by atoms with van der Waals surface area (Å²) in [7, 11) is 0. The highest BCUT2D eigenvalue weighted by Gasteiger charge is 2.22. The number of hydrogen-bond donors (Lipinski definition) is 2. The molecule has 0 aliphatic heterocycles. The lowest BCUT2D eigenvalue weighted by molar-refractivity contribution is 0.410. The lowest BCUT2D eigenvalue weighted by atomic mass is 10.0. The molecule has 0 aliphatic carbocycles. The summed E-state index contributed by atoms with van der Waals surface area (Å²) in [4.78, 5) is 3.05. The van der Waals surface area contributed by atoms with Gasteiger partial charge in [0.2, 0.25) is 0 Å². The third-order valence-corrected chi connectivity index (χ3v) is 4.70. The smallest absolute Gasteiger partial charge is 0.181 e. The van der Waals surface area contributed by atoms with E-state index in [1.165, 1.54) is 0 Å². The van der Waals surface area contributed by atoms with Crippen LogP contribution in [0.2, 0.25) is 5.02 Å². The molecule has 0 fully saturated rings. The van der Waals surface area contributed by atoms with Crippen LogP contribution in [0.15, 0.2) is 60.9 Å². The van der Waals surface area contributed by atoms with Crippen molar-refractivity contribution in [1.29, 1.82) is 0 Å². The van der Waals surface area contributed by atoms with Gasteiger partial charge in [-0.25, -0.2) is 4.39 Å². The van der Waals surface area contributed by atoms with Crippen molar-refractivity contribution in [3.63, 3.8) is 0 Å². The molecule has 0 unspecified atom stereocenters. The van der Waals surface area contributed by atoms with E-state index in [4.69, 9.17) is 16.3 Å². The predicted molar refractivity (Wildman–Crippen MR) is 118 cm³/mol. The molecule has 1 heterocycles. The van der Waals surface area contributed by atoms with E-state index >= 15 is 4.39 Å². The zero-order valence-electron chi connectivity index (χ0n) is 15.6. The topological polar surface area (TPSA) is 37.0 Å². The van der Waals surface area contributed by atoms with Gasteiger partial charge in [0.25, 0.3) is 0 Å².